The molecule has 0 N–H and O–H groups in total. The van der Waals surface area contributed by atoms with Gasteiger partial charge in [0.1, 0.15) is 17.1 Å². The number of halogens is 2. The Labute approximate surface area is 108 Å². The summed E-state index contributed by atoms with van der Waals surface area (Å²) in [4.78, 5) is 4.35. The third kappa shape index (κ3) is 1.87. The number of pyridine rings is 1. The zero-order valence-corrected chi connectivity index (χ0v) is 10.3. The molecule has 1 aromatic carbocycles. The Morgan fingerprint density at radius 1 is 1.17 bits per heavy atom. The van der Waals surface area contributed by atoms with E-state index >= 15 is 0 Å². The molecule has 2 aromatic heterocycles. The smallest absolute Gasteiger partial charge is 0.171 e. The first kappa shape index (κ1) is 11.2. The number of rotatable bonds is 1. The molecule has 18 heavy (non-hydrogen) atoms. The van der Waals surface area contributed by atoms with Crippen LogP contribution in [0, 0.1) is 12.7 Å². The predicted molar refractivity (Wildman–Crippen MR) is 69.2 cm³/mol. The van der Waals surface area contributed by atoms with Crippen molar-refractivity contribution >= 4 is 22.7 Å². The number of furan rings is 1. The normalized spacial score (nSPS) is 11.1. The minimum absolute atomic E-state index is 0.276. The van der Waals surface area contributed by atoms with Crippen LogP contribution < -0.4 is 0 Å². The molecule has 3 aromatic rings. The Kier molecular flexibility index (Phi) is 2.56. The van der Waals surface area contributed by atoms with Crippen LogP contribution in [0.25, 0.3) is 22.4 Å². The van der Waals surface area contributed by atoms with Crippen LogP contribution in [-0.4, -0.2) is 4.98 Å². The minimum atomic E-state index is -0.276. The molecular formula is C14H9ClFNO. The lowest BCUT2D eigenvalue weighted by molar-refractivity contribution is 0.623. The van der Waals surface area contributed by atoms with Crippen LogP contribution in [0.4, 0.5) is 4.39 Å². The van der Waals surface area contributed by atoms with E-state index in [-0.39, 0.29) is 5.82 Å². The van der Waals surface area contributed by atoms with Gasteiger partial charge in [0.15, 0.2) is 5.58 Å². The van der Waals surface area contributed by atoms with Crippen molar-refractivity contribution in [2.24, 2.45) is 0 Å². The molecule has 0 saturated heterocycles. The van der Waals surface area contributed by atoms with Gasteiger partial charge in [-0.15, -0.1) is 0 Å². The Bertz CT molecular complexity index is 718. The molecule has 0 saturated carbocycles. The Morgan fingerprint density at radius 3 is 2.61 bits per heavy atom. The molecule has 0 radical (unpaired) electrons. The second-order valence-electron chi connectivity index (χ2n) is 4.08. The molecule has 0 aliphatic heterocycles. The monoisotopic (exact) mass is 261 g/mol. The highest BCUT2D eigenvalue weighted by Gasteiger charge is 2.11. The first-order valence-corrected chi connectivity index (χ1v) is 5.84. The summed E-state index contributed by atoms with van der Waals surface area (Å²) < 4.78 is 18.5. The number of hydrogen-bond donors (Lipinski definition) is 0. The second-order valence-corrected chi connectivity index (χ2v) is 4.48. The van der Waals surface area contributed by atoms with Gasteiger partial charge in [-0.2, -0.15) is 0 Å². The summed E-state index contributed by atoms with van der Waals surface area (Å²) in [5, 5.41) is 0.533. The Hall–Kier alpha value is -1.87. The maximum atomic E-state index is 12.9. The van der Waals surface area contributed by atoms with Crippen molar-refractivity contribution in [1.82, 2.24) is 4.98 Å². The molecule has 0 unspecified atom stereocenters. The number of benzene rings is 1. The van der Waals surface area contributed by atoms with E-state index in [0.717, 1.165) is 11.3 Å². The van der Waals surface area contributed by atoms with E-state index in [0.29, 0.717) is 21.9 Å². The molecular weight excluding hydrogens is 253 g/mol. The van der Waals surface area contributed by atoms with Gasteiger partial charge in [-0.25, -0.2) is 9.37 Å². The molecule has 0 atom stereocenters. The summed E-state index contributed by atoms with van der Waals surface area (Å²) in [5.74, 6) is 0.354. The standard InChI is InChI=1S/C14H9ClFNO/c1-8-6-11(15)14-12(17-8)7-13(18-14)9-2-4-10(16)5-3-9/h2-7H,1H3. The van der Waals surface area contributed by atoms with E-state index in [1.54, 1.807) is 24.3 Å². The van der Waals surface area contributed by atoms with Gasteiger partial charge in [-0.1, -0.05) is 11.6 Å². The van der Waals surface area contributed by atoms with Crippen LogP contribution in [0.1, 0.15) is 5.69 Å². The lowest BCUT2D eigenvalue weighted by Gasteiger charge is -1.95. The predicted octanol–water partition coefficient (Wildman–Crippen LogP) is 4.60. The summed E-state index contributed by atoms with van der Waals surface area (Å²) in [5.41, 5.74) is 2.89. The number of nitrogens with zero attached hydrogens (tertiary/aromatic N) is 1. The maximum Gasteiger partial charge on any atom is 0.171 e. The van der Waals surface area contributed by atoms with Gasteiger partial charge in [0.05, 0.1) is 5.02 Å². The first-order chi connectivity index (χ1) is 8.63. The summed E-state index contributed by atoms with van der Waals surface area (Å²) in [6, 6.07) is 9.66. The van der Waals surface area contributed by atoms with Gasteiger partial charge in [0.2, 0.25) is 0 Å². The highest BCUT2D eigenvalue weighted by atomic mass is 35.5. The molecule has 0 amide bonds. The first-order valence-electron chi connectivity index (χ1n) is 5.46. The van der Waals surface area contributed by atoms with Crippen molar-refractivity contribution < 1.29 is 8.81 Å². The lowest BCUT2D eigenvalue weighted by atomic mass is 10.2. The van der Waals surface area contributed by atoms with Gasteiger partial charge in [0.25, 0.3) is 0 Å². The number of fused-ring (bicyclic) bond motifs is 1. The van der Waals surface area contributed by atoms with E-state index in [9.17, 15) is 4.39 Å². The lowest BCUT2D eigenvalue weighted by Crippen LogP contribution is -1.79. The molecule has 0 fully saturated rings. The Balaban J connectivity index is 2.19. The average molecular weight is 262 g/mol. The fourth-order valence-corrected chi connectivity index (χ4v) is 2.16. The number of aromatic nitrogens is 1. The largest absolute Gasteiger partial charge is 0.453 e. The summed E-state index contributed by atoms with van der Waals surface area (Å²) >= 11 is 6.09. The van der Waals surface area contributed by atoms with Crippen LogP contribution in [-0.2, 0) is 0 Å². The van der Waals surface area contributed by atoms with Gasteiger partial charge < -0.3 is 4.42 Å². The van der Waals surface area contributed by atoms with E-state index in [1.807, 2.05) is 6.92 Å². The van der Waals surface area contributed by atoms with Crippen LogP contribution in [0.2, 0.25) is 5.02 Å². The van der Waals surface area contributed by atoms with Crippen LogP contribution >= 0.6 is 11.6 Å². The van der Waals surface area contributed by atoms with Crippen molar-refractivity contribution in [1.29, 1.82) is 0 Å². The van der Waals surface area contributed by atoms with Crippen molar-refractivity contribution in [2.75, 3.05) is 0 Å². The maximum absolute atomic E-state index is 12.9. The molecule has 2 heterocycles. The molecule has 0 aliphatic carbocycles. The van der Waals surface area contributed by atoms with Gasteiger partial charge in [-0.05, 0) is 37.3 Å². The van der Waals surface area contributed by atoms with E-state index < -0.39 is 0 Å². The average Bonchev–Trinajstić information content (AvgIpc) is 2.74. The molecule has 0 aliphatic rings. The highest BCUT2D eigenvalue weighted by Crippen LogP contribution is 2.31. The second kappa shape index (κ2) is 4.10. The Morgan fingerprint density at radius 2 is 1.89 bits per heavy atom. The number of aryl methyl sites for hydroxylation is 1. The van der Waals surface area contributed by atoms with Gasteiger partial charge in [-0.3, -0.25) is 0 Å². The summed E-state index contributed by atoms with van der Waals surface area (Å²) in [6.45, 7) is 1.87. The third-order valence-electron chi connectivity index (χ3n) is 2.69. The van der Waals surface area contributed by atoms with Gasteiger partial charge in [0, 0.05) is 17.3 Å². The topological polar surface area (TPSA) is 26.0 Å². The SMILES string of the molecule is Cc1cc(Cl)c2oc(-c3ccc(F)cc3)cc2n1. The molecule has 2 nitrogen and oxygen atoms in total. The van der Waals surface area contributed by atoms with Gasteiger partial charge >= 0.3 is 0 Å². The number of hydrogen-bond acceptors (Lipinski definition) is 2. The molecule has 4 heteroatoms. The van der Waals surface area contributed by atoms with Crippen molar-refractivity contribution in [3.05, 3.63) is 52.9 Å². The van der Waals surface area contributed by atoms with Crippen molar-refractivity contribution in [3.63, 3.8) is 0 Å². The van der Waals surface area contributed by atoms with Crippen molar-refractivity contribution in [3.8, 4) is 11.3 Å². The zero-order chi connectivity index (χ0) is 12.7. The molecule has 90 valence electrons. The van der Waals surface area contributed by atoms with Crippen LogP contribution in [0.5, 0.6) is 0 Å². The van der Waals surface area contributed by atoms with Crippen LogP contribution in [0.15, 0.2) is 40.8 Å². The zero-order valence-electron chi connectivity index (χ0n) is 9.58. The highest BCUT2D eigenvalue weighted by molar-refractivity contribution is 6.34. The van der Waals surface area contributed by atoms with E-state index in [4.69, 9.17) is 16.0 Å². The fraction of sp³-hybridized carbons (Fsp3) is 0.0714. The van der Waals surface area contributed by atoms with Crippen LogP contribution in [0.3, 0.4) is 0 Å². The summed E-state index contributed by atoms with van der Waals surface area (Å²) in [7, 11) is 0. The molecule has 0 bridgehead atoms. The fourth-order valence-electron chi connectivity index (χ4n) is 1.86. The quantitative estimate of drug-likeness (QED) is 0.640. The molecule has 0 spiro atoms. The van der Waals surface area contributed by atoms with Crippen molar-refractivity contribution in [2.45, 2.75) is 6.92 Å². The summed E-state index contributed by atoms with van der Waals surface area (Å²) in [6.07, 6.45) is 0. The van der Waals surface area contributed by atoms with E-state index in [1.165, 1.54) is 12.1 Å². The molecule has 3 rings (SSSR count). The van der Waals surface area contributed by atoms with E-state index in [2.05, 4.69) is 4.98 Å². The third-order valence-corrected chi connectivity index (χ3v) is 2.97. The minimum Gasteiger partial charge on any atom is -0.453 e.